The highest BCUT2D eigenvalue weighted by Crippen LogP contribution is 2.27. The summed E-state index contributed by atoms with van der Waals surface area (Å²) >= 11 is 1.71. The van der Waals surface area contributed by atoms with Crippen molar-refractivity contribution in [3.8, 4) is 10.6 Å². The van der Waals surface area contributed by atoms with E-state index < -0.39 is 0 Å². The molecule has 0 unspecified atom stereocenters. The molecule has 3 aromatic rings. The Kier molecular flexibility index (Phi) is 8.84. The third kappa shape index (κ3) is 6.53. The van der Waals surface area contributed by atoms with Gasteiger partial charge in [0, 0.05) is 22.4 Å². The highest BCUT2D eigenvalue weighted by atomic mass is 127. The monoisotopic (exact) mass is 539 g/mol. The fraction of sp³-hybridized carbons (Fsp3) is 0.409. The predicted molar refractivity (Wildman–Crippen MR) is 135 cm³/mol. The number of hydrogen-bond donors (Lipinski definition) is 2. The number of nitrogens with zero attached hydrogens (tertiary/aromatic N) is 3. The normalized spacial score (nSPS) is 11.8. The Bertz CT molecular complexity index is 960. The number of oxazole rings is 1. The number of rotatable bonds is 6. The van der Waals surface area contributed by atoms with E-state index in [0.717, 1.165) is 34.5 Å². The molecule has 0 fully saturated rings. The van der Waals surface area contributed by atoms with Gasteiger partial charge in [-0.2, -0.15) is 0 Å². The average Bonchev–Trinajstić information content (AvgIpc) is 3.31. The van der Waals surface area contributed by atoms with Crippen molar-refractivity contribution in [1.29, 1.82) is 0 Å². The van der Waals surface area contributed by atoms with Crippen molar-refractivity contribution in [3.63, 3.8) is 0 Å². The van der Waals surface area contributed by atoms with Crippen molar-refractivity contribution in [3.05, 3.63) is 58.8 Å². The highest BCUT2D eigenvalue weighted by molar-refractivity contribution is 14.0. The van der Waals surface area contributed by atoms with Crippen LogP contribution in [0.15, 0.2) is 45.9 Å². The second-order valence-electron chi connectivity index (χ2n) is 7.81. The minimum atomic E-state index is -0.0577. The van der Waals surface area contributed by atoms with E-state index in [2.05, 4.69) is 53.5 Å². The van der Waals surface area contributed by atoms with E-state index in [-0.39, 0.29) is 29.4 Å². The molecule has 0 aliphatic rings. The number of guanidine groups is 1. The lowest BCUT2D eigenvalue weighted by atomic mass is 9.94. The van der Waals surface area contributed by atoms with Gasteiger partial charge < -0.3 is 15.1 Å². The van der Waals surface area contributed by atoms with Gasteiger partial charge in [-0.05, 0) is 13.8 Å². The summed E-state index contributed by atoms with van der Waals surface area (Å²) in [6.45, 7) is 12.2. The Labute approximate surface area is 199 Å². The van der Waals surface area contributed by atoms with E-state index in [0.29, 0.717) is 19.0 Å². The second kappa shape index (κ2) is 10.9. The fourth-order valence-electron chi connectivity index (χ4n) is 2.68. The zero-order chi connectivity index (χ0) is 20.9. The first-order chi connectivity index (χ1) is 13.9. The standard InChI is InChI=1S/C22H29N5OS.HI/c1-6-23-21(26-14-19-24-13-18(28-19)22(3,4)5)25-12-17-15(2)27-20(29-17)16-10-8-7-9-11-16;/h7-11,13H,6,12,14H2,1-5H3,(H2,23,25,26);1H. The molecule has 162 valence electrons. The molecule has 6 nitrogen and oxygen atoms in total. The van der Waals surface area contributed by atoms with Crippen LogP contribution in [0, 0.1) is 6.92 Å². The van der Waals surface area contributed by atoms with E-state index in [9.17, 15) is 0 Å². The number of halogens is 1. The van der Waals surface area contributed by atoms with Crippen LogP contribution in [0.2, 0.25) is 0 Å². The molecule has 0 saturated heterocycles. The molecule has 8 heteroatoms. The first-order valence-corrected chi connectivity index (χ1v) is 10.7. The molecule has 2 heterocycles. The second-order valence-corrected chi connectivity index (χ2v) is 8.89. The van der Waals surface area contributed by atoms with E-state index in [1.54, 1.807) is 17.5 Å². The molecular formula is C22H30IN5OS. The maximum atomic E-state index is 5.83. The Morgan fingerprint density at radius 1 is 1.17 bits per heavy atom. The van der Waals surface area contributed by atoms with Gasteiger partial charge in [0.05, 0.1) is 18.4 Å². The minimum Gasteiger partial charge on any atom is -0.443 e. The van der Waals surface area contributed by atoms with E-state index in [1.165, 1.54) is 4.88 Å². The summed E-state index contributed by atoms with van der Waals surface area (Å²) in [6, 6.07) is 10.3. The molecule has 0 bridgehead atoms. The lowest BCUT2D eigenvalue weighted by Gasteiger charge is -2.13. The van der Waals surface area contributed by atoms with Gasteiger partial charge >= 0.3 is 0 Å². The molecule has 1 aromatic carbocycles. The smallest absolute Gasteiger partial charge is 0.216 e. The van der Waals surface area contributed by atoms with Crippen molar-refractivity contribution in [2.75, 3.05) is 6.54 Å². The molecule has 0 spiro atoms. The van der Waals surface area contributed by atoms with Crippen molar-refractivity contribution in [1.82, 2.24) is 20.6 Å². The number of thiazole rings is 1. The number of aryl methyl sites for hydroxylation is 1. The third-order valence-electron chi connectivity index (χ3n) is 4.34. The van der Waals surface area contributed by atoms with Crippen LogP contribution in [0.25, 0.3) is 10.6 Å². The van der Waals surface area contributed by atoms with Crippen molar-refractivity contribution in [2.24, 2.45) is 4.99 Å². The summed E-state index contributed by atoms with van der Waals surface area (Å²) in [6.07, 6.45) is 1.79. The van der Waals surface area contributed by atoms with Crippen LogP contribution >= 0.6 is 35.3 Å². The van der Waals surface area contributed by atoms with Gasteiger partial charge in [0.2, 0.25) is 5.89 Å². The SMILES string of the molecule is CCNC(=NCc1ncc(C(C)(C)C)o1)NCc1sc(-c2ccccc2)nc1C.I. The number of hydrogen-bond acceptors (Lipinski definition) is 5. The number of aromatic nitrogens is 2. The molecule has 2 aromatic heterocycles. The summed E-state index contributed by atoms with van der Waals surface area (Å²) in [7, 11) is 0. The fourth-order valence-corrected chi connectivity index (χ4v) is 3.69. The number of benzene rings is 1. The van der Waals surface area contributed by atoms with Gasteiger partial charge in [-0.15, -0.1) is 35.3 Å². The van der Waals surface area contributed by atoms with E-state index in [4.69, 9.17) is 9.40 Å². The summed E-state index contributed by atoms with van der Waals surface area (Å²) in [5.74, 6) is 2.22. The Morgan fingerprint density at radius 3 is 2.53 bits per heavy atom. The van der Waals surface area contributed by atoms with Gasteiger partial charge in [0.1, 0.15) is 17.3 Å². The van der Waals surface area contributed by atoms with Gasteiger partial charge in [0.25, 0.3) is 0 Å². The van der Waals surface area contributed by atoms with Crippen molar-refractivity contribution in [2.45, 2.75) is 53.1 Å². The molecule has 0 aliphatic heterocycles. The van der Waals surface area contributed by atoms with E-state index in [1.807, 2.05) is 32.0 Å². The lowest BCUT2D eigenvalue weighted by Crippen LogP contribution is -2.36. The van der Waals surface area contributed by atoms with Crippen LogP contribution < -0.4 is 10.6 Å². The summed E-state index contributed by atoms with van der Waals surface area (Å²) in [5, 5.41) is 7.70. The van der Waals surface area contributed by atoms with Crippen LogP contribution in [0.3, 0.4) is 0 Å². The molecular weight excluding hydrogens is 509 g/mol. The van der Waals surface area contributed by atoms with Crippen LogP contribution in [0.5, 0.6) is 0 Å². The van der Waals surface area contributed by atoms with Crippen molar-refractivity contribution < 1.29 is 4.42 Å². The number of nitrogens with one attached hydrogen (secondary N) is 2. The van der Waals surface area contributed by atoms with E-state index >= 15 is 0 Å². The molecule has 30 heavy (non-hydrogen) atoms. The molecule has 0 aliphatic carbocycles. The Morgan fingerprint density at radius 2 is 1.90 bits per heavy atom. The Balaban J connectivity index is 0.00000320. The lowest BCUT2D eigenvalue weighted by molar-refractivity contribution is 0.383. The molecule has 0 radical (unpaired) electrons. The quantitative estimate of drug-likeness (QED) is 0.254. The zero-order valence-corrected chi connectivity index (χ0v) is 21.3. The summed E-state index contributed by atoms with van der Waals surface area (Å²) < 4.78 is 5.83. The highest BCUT2D eigenvalue weighted by Gasteiger charge is 2.19. The van der Waals surface area contributed by atoms with Gasteiger partial charge in [-0.3, -0.25) is 0 Å². The molecule has 2 N–H and O–H groups in total. The molecule has 0 atom stereocenters. The van der Waals surface area contributed by atoms with Crippen molar-refractivity contribution >= 4 is 41.3 Å². The first kappa shape index (κ1) is 24.3. The number of aliphatic imine (C=N–C) groups is 1. The minimum absolute atomic E-state index is 0. The molecule has 0 amide bonds. The Hall–Kier alpha value is -1.94. The third-order valence-corrected chi connectivity index (χ3v) is 5.55. The average molecular weight is 539 g/mol. The zero-order valence-electron chi connectivity index (χ0n) is 18.2. The van der Waals surface area contributed by atoms with Gasteiger partial charge in [-0.25, -0.2) is 15.0 Å². The predicted octanol–water partition coefficient (Wildman–Crippen LogP) is 5.28. The maximum Gasteiger partial charge on any atom is 0.216 e. The first-order valence-electron chi connectivity index (χ1n) is 9.86. The molecule has 0 saturated carbocycles. The van der Waals surface area contributed by atoms with Crippen LogP contribution in [0.4, 0.5) is 0 Å². The van der Waals surface area contributed by atoms with Crippen LogP contribution in [-0.2, 0) is 18.5 Å². The summed E-state index contributed by atoms with van der Waals surface area (Å²) in [5.41, 5.74) is 2.13. The summed E-state index contributed by atoms with van der Waals surface area (Å²) in [4.78, 5) is 14.9. The van der Waals surface area contributed by atoms with Gasteiger partial charge in [0.15, 0.2) is 5.96 Å². The van der Waals surface area contributed by atoms with Gasteiger partial charge in [-0.1, -0.05) is 51.1 Å². The van der Waals surface area contributed by atoms with Crippen LogP contribution in [-0.4, -0.2) is 22.5 Å². The largest absolute Gasteiger partial charge is 0.443 e. The topological polar surface area (TPSA) is 75.3 Å². The maximum absolute atomic E-state index is 5.83. The van der Waals surface area contributed by atoms with Crippen LogP contribution in [0.1, 0.15) is 49.9 Å². The molecule has 3 rings (SSSR count).